The van der Waals surface area contributed by atoms with Crippen LogP contribution < -0.4 is 0 Å². The van der Waals surface area contributed by atoms with Crippen LogP contribution in [-0.2, 0) is 0 Å². The van der Waals surface area contributed by atoms with E-state index in [4.69, 9.17) is 0 Å². The molecular formula is C16H20O. The number of hydrogen-bond donors (Lipinski definition) is 1. The van der Waals surface area contributed by atoms with Crippen molar-refractivity contribution in [1.82, 2.24) is 0 Å². The molecule has 1 atom stereocenters. The largest absolute Gasteiger partial charge is 0.388 e. The fourth-order valence-corrected chi connectivity index (χ4v) is 2.18. The Bertz CT molecular complexity index is 535. The molecule has 0 spiro atoms. The Balaban J connectivity index is 2.67. The number of fused-ring (bicyclic) bond motifs is 1. The first-order valence-electron chi connectivity index (χ1n) is 6.07. The van der Waals surface area contributed by atoms with Gasteiger partial charge in [0.1, 0.15) is 0 Å². The van der Waals surface area contributed by atoms with Crippen LogP contribution in [0.4, 0.5) is 0 Å². The summed E-state index contributed by atoms with van der Waals surface area (Å²) in [5.41, 5.74) is 2.14. The van der Waals surface area contributed by atoms with Gasteiger partial charge in [0, 0.05) is 0 Å². The summed E-state index contributed by atoms with van der Waals surface area (Å²) in [6, 6.07) is 12.4. The summed E-state index contributed by atoms with van der Waals surface area (Å²) >= 11 is 0. The molecular weight excluding hydrogens is 208 g/mol. The summed E-state index contributed by atoms with van der Waals surface area (Å²) in [6.07, 6.45) is -0.437. The Morgan fingerprint density at radius 1 is 0.941 bits per heavy atom. The van der Waals surface area contributed by atoms with Gasteiger partial charge >= 0.3 is 0 Å². The highest BCUT2D eigenvalue weighted by atomic mass is 16.3. The number of aliphatic hydroxyl groups excluding tert-OH is 1. The van der Waals surface area contributed by atoms with E-state index in [2.05, 4.69) is 45.9 Å². The molecule has 17 heavy (non-hydrogen) atoms. The van der Waals surface area contributed by atoms with E-state index in [1.54, 1.807) is 0 Å². The quantitative estimate of drug-likeness (QED) is 0.774. The van der Waals surface area contributed by atoms with Gasteiger partial charge in [-0.3, -0.25) is 0 Å². The second-order valence-electron chi connectivity index (χ2n) is 5.79. The maximum absolute atomic E-state index is 10.4. The van der Waals surface area contributed by atoms with Gasteiger partial charge in [-0.2, -0.15) is 0 Å². The van der Waals surface area contributed by atoms with Crippen LogP contribution >= 0.6 is 0 Å². The zero-order valence-corrected chi connectivity index (χ0v) is 11.0. The molecule has 2 aromatic carbocycles. The predicted octanol–water partition coefficient (Wildman–Crippen LogP) is 4.23. The van der Waals surface area contributed by atoms with Crippen molar-refractivity contribution >= 4 is 10.8 Å². The number of rotatable bonds is 1. The van der Waals surface area contributed by atoms with Crippen LogP contribution in [0.1, 0.15) is 38.0 Å². The molecule has 0 fully saturated rings. The Kier molecular flexibility index (Phi) is 2.96. The summed E-state index contributed by atoms with van der Waals surface area (Å²) in [5, 5.41) is 12.8. The molecule has 1 N–H and O–H groups in total. The number of aliphatic hydroxyl groups is 1. The van der Waals surface area contributed by atoms with Crippen molar-refractivity contribution in [3.63, 3.8) is 0 Å². The van der Waals surface area contributed by atoms with E-state index in [1.807, 2.05) is 18.2 Å². The highest BCUT2D eigenvalue weighted by molar-refractivity contribution is 5.88. The van der Waals surface area contributed by atoms with Crippen molar-refractivity contribution in [3.05, 3.63) is 47.5 Å². The third-order valence-electron chi connectivity index (χ3n) is 3.29. The lowest BCUT2D eigenvalue weighted by Gasteiger charge is -2.27. The van der Waals surface area contributed by atoms with E-state index in [-0.39, 0.29) is 5.41 Å². The number of aryl methyl sites for hydroxylation is 1. The van der Waals surface area contributed by atoms with Crippen molar-refractivity contribution in [2.75, 3.05) is 0 Å². The van der Waals surface area contributed by atoms with Crippen LogP contribution in [0.5, 0.6) is 0 Å². The van der Waals surface area contributed by atoms with Gasteiger partial charge < -0.3 is 5.11 Å². The van der Waals surface area contributed by atoms with Gasteiger partial charge in [-0.1, -0.05) is 57.2 Å². The third-order valence-corrected chi connectivity index (χ3v) is 3.29. The standard InChI is InChI=1S/C16H20O/c1-11-9-10-14(15(17)16(2,3)4)13-8-6-5-7-12(11)13/h5-10,15,17H,1-4H3. The molecule has 0 saturated carbocycles. The predicted molar refractivity (Wildman–Crippen MR) is 73.1 cm³/mol. The molecule has 0 heterocycles. The van der Waals surface area contributed by atoms with E-state index in [0.29, 0.717) is 0 Å². The summed E-state index contributed by atoms with van der Waals surface area (Å²) in [7, 11) is 0. The van der Waals surface area contributed by atoms with Gasteiger partial charge in [0.15, 0.2) is 0 Å². The first-order chi connectivity index (χ1) is 7.91. The fourth-order valence-electron chi connectivity index (χ4n) is 2.18. The molecule has 2 rings (SSSR count). The average molecular weight is 228 g/mol. The molecule has 0 aromatic heterocycles. The van der Waals surface area contributed by atoms with Crippen LogP contribution in [0.2, 0.25) is 0 Å². The molecule has 0 amide bonds. The highest BCUT2D eigenvalue weighted by Gasteiger charge is 2.25. The Labute approximate surface area is 103 Å². The second kappa shape index (κ2) is 4.15. The normalized spacial score (nSPS) is 13.9. The summed E-state index contributed by atoms with van der Waals surface area (Å²) in [6.45, 7) is 8.29. The first kappa shape index (κ1) is 12.1. The lowest BCUT2D eigenvalue weighted by molar-refractivity contribution is 0.0639. The maximum atomic E-state index is 10.4. The molecule has 1 heteroatoms. The van der Waals surface area contributed by atoms with Crippen molar-refractivity contribution in [3.8, 4) is 0 Å². The average Bonchev–Trinajstić information content (AvgIpc) is 2.28. The smallest absolute Gasteiger partial charge is 0.0844 e. The molecule has 0 radical (unpaired) electrons. The Morgan fingerprint density at radius 3 is 2.12 bits per heavy atom. The molecule has 0 aliphatic rings. The van der Waals surface area contributed by atoms with Gasteiger partial charge in [-0.25, -0.2) is 0 Å². The molecule has 90 valence electrons. The molecule has 1 unspecified atom stereocenters. The van der Waals surface area contributed by atoms with Crippen LogP contribution in [-0.4, -0.2) is 5.11 Å². The molecule has 0 aliphatic carbocycles. The Morgan fingerprint density at radius 2 is 1.53 bits per heavy atom. The van der Waals surface area contributed by atoms with E-state index < -0.39 is 6.10 Å². The van der Waals surface area contributed by atoms with Crippen molar-refractivity contribution in [2.45, 2.75) is 33.8 Å². The van der Waals surface area contributed by atoms with Crippen LogP contribution in [0.15, 0.2) is 36.4 Å². The maximum Gasteiger partial charge on any atom is 0.0844 e. The summed E-state index contributed by atoms with van der Waals surface area (Å²) < 4.78 is 0. The molecule has 0 aliphatic heterocycles. The molecule has 0 saturated heterocycles. The summed E-state index contributed by atoms with van der Waals surface area (Å²) in [5.74, 6) is 0. The molecule has 1 nitrogen and oxygen atoms in total. The minimum absolute atomic E-state index is 0.141. The van der Waals surface area contributed by atoms with E-state index in [0.717, 1.165) is 10.9 Å². The highest BCUT2D eigenvalue weighted by Crippen LogP contribution is 2.36. The second-order valence-corrected chi connectivity index (χ2v) is 5.79. The Hall–Kier alpha value is -1.34. The van der Waals surface area contributed by atoms with Gasteiger partial charge in [-0.05, 0) is 34.2 Å². The summed E-state index contributed by atoms with van der Waals surface area (Å²) in [4.78, 5) is 0. The van der Waals surface area contributed by atoms with Crippen LogP contribution in [0, 0.1) is 12.3 Å². The topological polar surface area (TPSA) is 20.2 Å². The number of hydrogen-bond acceptors (Lipinski definition) is 1. The molecule has 2 aromatic rings. The van der Waals surface area contributed by atoms with E-state index in [9.17, 15) is 5.11 Å². The third kappa shape index (κ3) is 2.20. The SMILES string of the molecule is Cc1ccc(C(O)C(C)(C)C)c2ccccc12. The van der Waals surface area contributed by atoms with Gasteiger partial charge in [0.25, 0.3) is 0 Å². The zero-order valence-electron chi connectivity index (χ0n) is 11.0. The van der Waals surface area contributed by atoms with E-state index >= 15 is 0 Å². The van der Waals surface area contributed by atoms with Crippen molar-refractivity contribution in [1.29, 1.82) is 0 Å². The van der Waals surface area contributed by atoms with Crippen LogP contribution in [0.25, 0.3) is 10.8 Å². The van der Waals surface area contributed by atoms with Crippen molar-refractivity contribution in [2.24, 2.45) is 5.41 Å². The van der Waals surface area contributed by atoms with Crippen LogP contribution in [0.3, 0.4) is 0 Å². The zero-order chi connectivity index (χ0) is 12.6. The lowest BCUT2D eigenvalue weighted by atomic mass is 9.82. The minimum Gasteiger partial charge on any atom is -0.388 e. The van der Waals surface area contributed by atoms with Gasteiger partial charge in [0.05, 0.1) is 6.10 Å². The van der Waals surface area contributed by atoms with Crippen molar-refractivity contribution < 1.29 is 5.11 Å². The molecule has 0 bridgehead atoms. The first-order valence-corrected chi connectivity index (χ1v) is 6.07. The number of benzene rings is 2. The monoisotopic (exact) mass is 228 g/mol. The van der Waals surface area contributed by atoms with Gasteiger partial charge in [0.2, 0.25) is 0 Å². The van der Waals surface area contributed by atoms with E-state index in [1.165, 1.54) is 10.9 Å². The minimum atomic E-state index is -0.437. The van der Waals surface area contributed by atoms with Gasteiger partial charge in [-0.15, -0.1) is 0 Å². The fraction of sp³-hybridized carbons (Fsp3) is 0.375. The lowest BCUT2D eigenvalue weighted by Crippen LogP contribution is -2.18.